The van der Waals surface area contributed by atoms with Gasteiger partial charge in [0.05, 0.1) is 0 Å². The van der Waals surface area contributed by atoms with Gasteiger partial charge < -0.3 is 0 Å². The first-order chi connectivity index (χ1) is 9.60. The number of carbonyl (C=O) groups is 3. The highest BCUT2D eigenvalue weighted by atomic mass is 16.1. The summed E-state index contributed by atoms with van der Waals surface area (Å²) in [6.07, 6.45) is 12.3. The third-order valence-electron chi connectivity index (χ3n) is 2.96. The molecule has 0 N–H and O–H groups in total. The van der Waals surface area contributed by atoms with E-state index >= 15 is 0 Å². The molecule has 0 saturated heterocycles. The monoisotopic (exact) mass is 278 g/mol. The van der Waals surface area contributed by atoms with E-state index in [0.29, 0.717) is 25.7 Å². The molecule has 0 unspecified atom stereocenters. The smallest absolute Gasteiger partial charge is 0.155 e. The zero-order valence-corrected chi connectivity index (χ0v) is 12.7. The van der Waals surface area contributed by atoms with E-state index in [2.05, 4.69) is 0 Å². The number of Topliss-reactive ketones (excluding diaryl/α,β-unsaturated/α-hetero) is 1. The highest BCUT2D eigenvalue weighted by molar-refractivity contribution is 5.89. The highest BCUT2D eigenvalue weighted by Gasteiger charge is 2.00. The second kappa shape index (κ2) is 12.5. The lowest BCUT2D eigenvalue weighted by molar-refractivity contribution is -0.119. The van der Waals surface area contributed by atoms with Crippen LogP contribution >= 0.6 is 0 Å². The molecule has 0 aromatic rings. The van der Waals surface area contributed by atoms with E-state index in [1.165, 1.54) is 0 Å². The maximum Gasteiger partial charge on any atom is 0.155 e. The van der Waals surface area contributed by atoms with E-state index in [9.17, 15) is 14.4 Å². The number of hydrogen-bond acceptors (Lipinski definition) is 3. The van der Waals surface area contributed by atoms with Crippen molar-refractivity contribution in [1.82, 2.24) is 0 Å². The van der Waals surface area contributed by atoms with Crippen molar-refractivity contribution >= 4 is 17.3 Å². The van der Waals surface area contributed by atoms with Gasteiger partial charge in [0.1, 0.15) is 5.78 Å². The molecular weight excluding hydrogens is 252 g/mol. The largest absolute Gasteiger partial charge is 0.300 e. The Balaban J connectivity index is 3.55. The molecule has 0 fully saturated rings. The maximum atomic E-state index is 11.6. The molecule has 0 aliphatic heterocycles. The molecule has 0 aromatic heterocycles. The van der Waals surface area contributed by atoms with Crippen molar-refractivity contribution in [2.45, 2.75) is 65.2 Å². The van der Waals surface area contributed by atoms with Crippen molar-refractivity contribution in [3.05, 3.63) is 24.3 Å². The summed E-state index contributed by atoms with van der Waals surface area (Å²) in [4.78, 5) is 33.6. The first-order valence-corrected chi connectivity index (χ1v) is 7.50. The molecule has 0 heterocycles. The number of carbonyl (C=O) groups excluding carboxylic acids is 3. The molecule has 0 aliphatic carbocycles. The van der Waals surface area contributed by atoms with Crippen LogP contribution < -0.4 is 0 Å². The van der Waals surface area contributed by atoms with Gasteiger partial charge in [0.25, 0.3) is 0 Å². The van der Waals surface area contributed by atoms with Crippen LogP contribution in [0, 0.1) is 0 Å². The molecule has 112 valence electrons. The molecule has 3 nitrogen and oxygen atoms in total. The van der Waals surface area contributed by atoms with Crippen LogP contribution in [0.5, 0.6) is 0 Å². The molecule has 20 heavy (non-hydrogen) atoms. The molecule has 0 rings (SSSR count). The van der Waals surface area contributed by atoms with Crippen LogP contribution in [0.2, 0.25) is 0 Å². The summed E-state index contributed by atoms with van der Waals surface area (Å²) in [7, 11) is 0. The normalized spacial score (nSPS) is 11.3. The first-order valence-electron chi connectivity index (χ1n) is 7.50. The van der Waals surface area contributed by atoms with Gasteiger partial charge >= 0.3 is 0 Å². The number of hydrogen-bond donors (Lipinski definition) is 0. The lowest BCUT2D eigenvalue weighted by Gasteiger charge is -1.98. The summed E-state index contributed by atoms with van der Waals surface area (Å²) in [6.45, 7) is 3.66. The van der Waals surface area contributed by atoms with Gasteiger partial charge in [-0.2, -0.15) is 0 Å². The summed E-state index contributed by atoms with van der Waals surface area (Å²) in [5.74, 6) is 0.518. The van der Waals surface area contributed by atoms with Gasteiger partial charge in [0, 0.05) is 25.7 Å². The van der Waals surface area contributed by atoms with Crippen molar-refractivity contribution < 1.29 is 14.4 Å². The van der Waals surface area contributed by atoms with Crippen LogP contribution in [0.4, 0.5) is 0 Å². The third-order valence-corrected chi connectivity index (χ3v) is 2.96. The Hall–Kier alpha value is -1.51. The minimum atomic E-state index is 0.129. The average molecular weight is 278 g/mol. The lowest BCUT2D eigenvalue weighted by atomic mass is 10.1. The Labute approximate surface area is 122 Å². The van der Waals surface area contributed by atoms with E-state index < -0.39 is 0 Å². The van der Waals surface area contributed by atoms with E-state index in [-0.39, 0.29) is 17.3 Å². The average Bonchev–Trinajstić information content (AvgIpc) is 2.45. The standard InChI is InChI=1S/C17H26O3/c1-3-15(18)11-7-5-9-13-17(20)14-10-6-8-12-16(19)4-2/h7-8,11-12H,3-6,9-10,13-14H2,1-2H3/b11-7+,12-8+. The van der Waals surface area contributed by atoms with E-state index in [0.717, 1.165) is 25.7 Å². The molecular formula is C17H26O3. The molecule has 0 atom stereocenters. The zero-order valence-electron chi connectivity index (χ0n) is 12.7. The number of ketones is 3. The van der Waals surface area contributed by atoms with Crippen LogP contribution in [0.3, 0.4) is 0 Å². The quantitative estimate of drug-likeness (QED) is 0.401. The van der Waals surface area contributed by atoms with Crippen molar-refractivity contribution in [2.24, 2.45) is 0 Å². The number of unbranched alkanes of at least 4 members (excludes halogenated alkanes) is 2. The molecule has 0 amide bonds. The van der Waals surface area contributed by atoms with Crippen molar-refractivity contribution in [2.75, 3.05) is 0 Å². The van der Waals surface area contributed by atoms with Crippen LogP contribution in [0.1, 0.15) is 65.2 Å². The van der Waals surface area contributed by atoms with Crippen LogP contribution in [0.15, 0.2) is 24.3 Å². The predicted molar refractivity (Wildman–Crippen MR) is 81.6 cm³/mol. The summed E-state index contributed by atoms with van der Waals surface area (Å²) < 4.78 is 0. The predicted octanol–water partition coefficient (Wildman–Crippen LogP) is 3.97. The molecule has 0 aliphatic rings. The van der Waals surface area contributed by atoms with Crippen LogP contribution in [-0.2, 0) is 14.4 Å². The first kappa shape index (κ1) is 18.5. The molecule has 0 saturated carbocycles. The summed E-state index contributed by atoms with van der Waals surface area (Å²) in [6, 6.07) is 0. The van der Waals surface area contributed by atoms with Crippen molar-refractivity contribution in [3.63, 3.8) is 0 Å². The van der Waals surface area contributed by atoms with Gasteiger partial charge in [-0.15, -0.1) is 0 Å². The molecule has 3 heteroatoms. The Morgan fingerprint density at radius 1 is 0.750 bits per heavy atom. The van der Waals surface area contributed by atoms with Gasteiger partial charge in [-0.3, -0.25) is 14.4 Å². The minimum absolute atomic E-state index is 0.129. The van der Waals surface area contributed by atoms with E-state index in [4.69, 9.17) is 0 Å². The fourth-order valence-corrected chi connectivity index (χ4v) is 1.62. The van der Waals surface area contributed by atoms with E-state index in [1.54, 1.807) is 12.2 Å². The lowest BCUT2D eigenvalue weighted by Crippen LogP contribution is -1.97. The Bertz CT molecular complexity index is 330. The summed E-state index contributed by atoms with van der Waals surface area (Å²) in [5.41, 5.74) is 0. The minimum Gasteiger partial charge on any atom is -0.300 e. The number of rotatable bonds is 12. The Morgan fingerprint density at radius 2 is 1.15 bits per heavy atom. The fourth-order valence-electron chi connectivity index (χ4n) is 1.62. The second-order valence-corrected chi connectivity index (χ2v) is 4.77. The van der Waals surface area contributed by atoms with Gasteiger partial charge in [-0.05, 0) is 37.8 Å². The Kier molecular flexibility index (Phi) is 11.6. The van der Waals surface area contributed by atoms with Gasteiger partial charge in [-0.1, -0.05) is 26.0 Å². The second-order valence-electron chi connectivity index (χ2n) is 4.77. The van der Waals surface area contributed by atoms with Crippen LogP contribution in [-0.4, -0.2) is 17.3 Å². The molecule has 0 spiro atoms. The van der Waals surface area contributed by atoms with Gasteiger partial charge in [0.15, 0.2) is 11.6 Å². The zero-order chi connectivity index (χ0) is 15.2. The summed E-state index contributed by atoms with van der Waals surface area (Å²) >= 11 is 0. The molecule has 0 radical (unpaired) electrons. The third kappa shape index (κ3) is 11.6. The fraction of sp³-hybridized carbons (Fsp3) is 0.588. The van der Waals surface area contributed by atoms with Crippen molar-refractivity contribution in [3.8, 4) is 0 Å². The van der Waals surface area contributed by atoms with Gasteiger partial charge in [-0.25, -0.2) is 0 Å². The maximum absolute atomic E-state index is 11.6. The topological polar surface area (TPSA) is 51.2 Å². The summed E-state index contributed by atoms with van der Waals surface area (Å²) in [5, 5.41) is 0. The molecule has 0 aromatic carbocycles. The molecule has 0 bridgehead atoms. The SMILES string of the molecule is CCC(=O)/C=C/CCCC(=O)CCC/C=C/C(=O)CC. The van der Waals surface area contributed by atoms with Gasteiger partial charge in [0.2, 0.25) is 0 Å². The van der Waals surface area contributed by atoms with Crippen LogP contribution in [0.25, 0.3) is 0 Å². The van der Waals surface area contributed by atoms with Crippen molar-refractivity contribution in [1.29, 1.82) is 0 Å². The number of allylic oxidation sites excluding steroid dienone is 4. The Morgan fingerprint density at radius 3 is 1.50 bits per heavy atom. The highest BCUT2D eigenvalue weighted by Crippen LogP contribution is 2.05. The van der Waals surface area contributed by atoms with E-state index in [1.807, 2.05) is 26.0 Å².